The highest BCUT2D eigenvalue weighted by Crippen LogP contribution is 2.15. The van der Waals surface area contributed by atoms with Crippen molar-refractivity contribution in [2.45, 2.75) is 25.8 Å². The lowest BCUT2D eigenvalue weighted by atomic mass is 10.2. The maximum absolute atomic E-state index is 11.8. The number of rotatable bonds is 6. The van der Waals surface area contributed by atoms with E-state index in [0.717, 1.165) is 12.8 Å². The van der Waals surface area contributed by atoms with E-state index in [1.807, 2.05) is 6.92 Å². The van der Waals surface area contributed by atoms with Crippen LogP contribution in [0.4, 0.5) is 0 Å². The van der Waals surface area contributed by atoms with E-state index >= 15 is 0 Å². The second-order valence-electron chi connectivity index (χ2n) is 3.95. The number of nitrogens with two attached hydrogens (primary N) is 1. The molecule has 1 heterocycles. The number of aromatic nitrogens is 1. The third kappa shape index (κ3) is 4.40. The molecule has 0 spiro atoms. The fourth-order valence-corrected chi connectivity index (χ4v) is 1.45. The van der Waals surface area contributed by atoms with Crippen LogP contribution < -0.4 is 15.8 Å². The van der Waals surface area contributed by atoms with Gasteiger partial charge in [0.25, 0.3) is 5.91 Å². The zero-order valence-corrected chi connectivity index (χ0v) is 10.3. The van der Waals surface area contributed by atoms with E-state index in [9.17, 15) is 4.79 Å². The molecule has 0 saturated heterocycles. The molecule has 0 radical (unpaired) electrons. The summed E-state index contributed by atoms with van der Waals surface area (Å²) in [4.78, 5) is 15.7. The number of hydrogen-bond donors (Lipinski definition) is 2. The van der Waals surface area contributed by atoms with Gasteiger partial charge in [0.1, 0.15) is 5.75 Å². The molecule has 0 saturated carbocycles. The second kappa shape index (κ2) is 6.85. The number of pyridine rings is 1. The Morgan fingerprint density at radius 1 is 1.65 bits per heavy atom. The molecule has 0 aliphatic carbocycles. The summed E-state index contributed by atoms with van der Waals surface area (Å²) in [7, 11) is 1.52. The molecule has 3 N–H and O–H groups in total. The first-order chi connectivity index (χ1) is 8.15. The van der Waals surface area contributed by atoms with Crippen LogP contribution in [0.3, 0.4) is 0 Å². The number of carbonyl (C=O) groups is 1. The Bertz CT molecular complexity index is 367. The summed E-state index contributed by atoms with van der Waals surface area (Å²) in [6, 6.07) is 1.81. The van der Waals surface area contributed by atoms with Gasteiger partial charge in [0, 0.05) is 18.8 Å². The van der Waals surface area contributed by atoms with E-state index in [-0.39, 0.29) is 11.9 Å². The first kappa shape index (κ1) is 13.4. The molecular weight excluding hydrogens is 218 g/mol. The summed E-state index contributed by atoms with van der Waals surface area (Å²) in [5.41, 5.74) is 6.13. The lowest BCUT2D eigenvalue weighted by Gasteiger charge is -2.09. The summed E-state index contributed by atoms with van der Waals surface area (Å²) in [5, 5.41) is 2.83. The average molecular weight is 237 g/mol. The molecule has 1 unspecified atom stereocenters. The van der Waals surface area contributed by atoms with Gasteiger partial charge in [-0.25, -0.2) is 0 Å². The van der Waals surface area contributed by atoms with Crippen LogP contribution in [0, 0.1) is 0 Å². The summed E-state index contributed by atoms with van der Waals surface area (Å²) < 4.78 is 5.07. The Morgan fingerprint density at radius 3 is 3.06 bits per heavy atom. The number of ether oxygens (including phenoxy) is 1. The molecule has 0 aromatic carbocycles. The molecule has 17 heavy (non-hydrogen) atoms. The largest absolute Gasteiger partial charge is 0.494 e. The quantitative estimate of drug-likeness (QED) is 0.722. The van der Waals surface area contributed by atoms with Crippen molar-refractivity contribution in [1.29, 1.82) is 0 Å². The number of hydrogen-bond acceptors (Lipinski definition) is 4. The molecule has 1 amide bonds. The maximum Gasteiger partial charge on any atom is 0.255 e. The topological polar surface area (TPSA) is 77.2 Å². The van der Waals surface area contributed by atoms with Gasteiger partial charge in [-0.2, -0.15) is 0 Å². The van der Waals surface area contributed by atoms with Crippen molar-refractivity contribution in [3.63, 3.8) is 0 Å². The summed E-state index contributed by atoms with van der Waals surface area (Å²) in [6.07, 6.45) is 4.86. The van der Waals surface area contributed by atoms with E-state index in [0.29, 0.717) is 17.9 Å². The van der Waals surface area contributed by atoms with Crippen molar-refractivity contribution in [2.75, 3.05) is 13.7 Å². The number of amides is 1. The van der Waals surface area contributed by atoms with Crippen molar-refractivity contribution in [3.8, 4) is 5.75 Å². The monoisotopic (exact) mass is 237 g/mol. The first-order valence-electron chi connectivity index (χ1n) is 5.67. The fourth-order valence-electron chi connectivity index (χ4n) is 1.45. The predicted octanol–water partition coefficient (Wildman–Crippen LogP) is 0.947. The SMILES string of the molecule is COc1cnccc1C(=O)NCCCC(C)N. The van der Waals surface area contributed by atoms with Crippen LogP contribution in [0.15, 0.2) is 18.5 Å². The summed E-state index contributed by atoms with van der Waals surface area (Å²) in [5.74, 6) is 0.339. The second-order valence-corrected chi connectivity index (χ2v) is 3.95. The van der Waals surface area contributed by atoms with Crippen LogP contribution in [0.1, 0.15) is 30.1 Å². The van der Waals surface area contributed by atoms with Gasteiger partial charge < -0.3 is 15.8 Å². The number of nitrogens with zero attached hydrogens (tertiary/aromatic N) is 1. The van der Waals surface area contributed by atoms with Crippen molar-refractivity contribution in [2.24, 2.45) is 5.73 Å². The van der Waals surface area contributed by atoms with Crippen molar-refractivity contribution < 1.29 is 9.53 Å². The molecule has 1 rings (SSSR count). The number of methoxy groups -OCH3 is 1. The fraction of sp³-hybridized carbons (Fsp3) is 0.500. The minimum atomic E-state index is -0.145. The summed E-state index contributed by atoms with van der Waals surface area (Å²) in [6.45, 7) is 2.57. The molecule has 0 bridgehead atoms. The Kier molecular flexibility index (Phi) is 5.42. The van der Waals surface area contributed by atoms with Crippen LogP contribution in [-0.4, -0.2) is 30.6 Å². The number of nitrogens with one attached hydrogen (secondary N) is 1. The van der Waals surface area contributed by atoms with E-state index < -0.39 is 0 Å². The van der Waals surface area contributed by atoms with Gasteiger partial charge in [-0.05, 0) is 25.8 Å². The van der Waals surface area contributed by atoms with Crippen LogP contribution in [0.25, 0.3) is 0 Å². The van der Waals surface area contributed by atoms with Gasteiger partial charge in [-0.3, -0.25) is 9.78 Å². The smallest absolute Gasteiger partial charge is 0.255 e. The van der Waals surface area contributed by atoms with E-state index in [4.69, 9.17) is 10.5 Å². The third-order valence-corrected chi connectivity index (χ3v) is 2.37. The molecule has 5 nitrogen and oxygen atoms in total. The Morgan fingerprint density at radius 2 is 2.41 bits per heavy atom. The van der Waals surface area contributed by atoms with Crippen LogP contribution in [0.2, 0.25) is 0 Å². The Balaban J connectivity index is 2.47. The molecule has 0 fully saturated rings. The minimum absolute atomic E-state index is 0.145. The van der Waals surface area contributed by atoms with Crippen LogP contribution in [-0.2, 0) is 0 Å². The van der Waals surface area contributed by atoms with Crippen LogP contribution in [0.5, 0.6) is 5.75 Å². The highest BCUT2D eigenvalue weighted by Gasteiger charge is 2.10. The molecule has 1 aromatic rings. The minimum Gasteiger partial charge on any atom is -0.494 e. The molecule has 5 heteroatoms. The molecule has 0 aliphatic rings. The van der Waals surface area contributed by atoms with E-state index in [1.54, 1.807) is 12.3 Å². The van der Waals surface area contributed by atoms with Gasteiger partial charge >= 0.3 is 0 Å². The standard InChI is InChI=1S/C12H19N3O2/c1-9(13)4-3-6-15-12(16)10-5-7-14-8-11(10)17-2/h5,7-9H,3-4,6,13H2,1-2H3,(H,15,16). The Hall–Kier alpha value is -1.62. The maximum atomic E-state index is 11.8. The molecule has 0 aliphatic heterocycles. The van der Waals surface area contributed by atoms with Gasteiger partial charge in [-0.1, -0.05) is 0 Å². The summed E-state index contributed by atoms with van der Waals surface area (Å²) >= 11 is 0. The van der Waals surface area contributed by atoms with Crippen molar-refractivity contribution in [1.82, 2.24) is 10.3 Å². The zero-order valence-electron chi connectivity index (χ0n) is 10.3. The molecule has 1 aromatic heterocycles. The molecule has 94 valence electrons. The third-order valence-electron chi connectivity index (χ3n) is 2.37. The van der Waals surface area contributed by atoms with Gasteiger partial charge in [0.2, 0.25) is 0 Å². The van der Waals surface area contributed by atoms with Gasteiger partial charge in [0.15, 0.2) is 0 Å². The predicted molar refractivity (Wildman–Crippen MR) is 66.0 cm³/mol. The molecular formula is C12H19N3O2. The van der Waals surface area contributed by atoms with Gasteiger partial charge in [0.05, 0.1) is 18.9 Å². The normalized spacial score (nSPS) is 11.9. The highest BCUT2D eigenvalue weighted by atomic mass is 16.5. The zero-order chi connectivity index (χ0) is 12.7. The average Bonchev–Trinajstić information content (AvgIpc) is 2.34. The van der Waals surface area contributed by atoms with Crippen molar-refractivity contribution >= 4 is 5.91 Å². The highest BCUT2D eigenvalue weighted by molar-refractivity contribution is 5.96. The van der Waals surface area contributed by atoms with Crippen molar-refractivity contribution in [3.05, 3.63) is 24.0 Å². The first-order valence-corrected chi connectivity index (χ1v) is 5.67. The van der Waals surface area contributed by atoms with Gasteiger partial charge in [-0.15, -0.1) is 0 Å². The molecule has 1 atom stereocenters. The number of carbonyl (C=O) groups excluding carboxylic acids is 1. The van der Waals surface area contributed by atoms with E-state index in [1.165, 1.54) is 13.3 Å². The Labute approximate surface area is 101 Å². The van der Waals surface area contributed by atoms with E-state index in [2.05, 4.69) is 10.3 Å². The van der Waals surface area contributed by atoms with Crippen LogP contribution >= 0.6 is 0 Å². The lowest BCUT2D eigenvalue weighted by Crippen LogP contribution is -2.26. The lowest BCUT2D eigenvalue weighted by molar-refractivity contribution is 0.0949.